The van der Waals surface area contributed by atoms with Crippen LogP contribution in [-0.4, -0.2) is 14.5 Å². The van der Waals surface area contributed by atoms with Gasteiger partial charge < -0.3 is 4.98 Å². The van der Waals surface area contributed by atoms with Crippen molar-refractivity contribution < 1.29 is 0 Å². The van der Waals surface area contributed by atoms with E-state index in [9.17, 15) is 4.79 Å². The maximum Gasteiger partial charge on any atom is 0.279 e. The maximum atomic E-state index is 12.1. The number of H-pyrrole nitrogens is 1. The highest BCUT2D eigenvalue weighted by Gasteiger charge is 2.04. The number of aromatic nitrogens is 3. The lowest BCUT2D eigenvalue weighted by atomic mass is 10.3. The van der Waals surface area contributed by atoms with Crippen molar-refractivity contribution >= 4 is 10.9 Å². The standard InChI is InChI=1S/C12H9N3O/c16-12-11-9(3-6-14-11)4-7-15(12)10-2-1-5-13-8-10/h1-8,14H. The number of nitrogens with zero attached hydrogens (tertiary/aromatic N) is 2. The number of hydrogen-bond acceptors (Lipinski definition) is 2. The molecule has 0 amide bonds. The molecule has 0 saturated heterocycles. The first-order chi connectivity index (χ1) is 7.86. The Morgan fingerprint density at radius 1 is 1.25 bits per heavy atom. The third-order valence-corrected chi connectivity index (χ3v) is 2.54. The molecular formula is C12H9N3O. The molecule has 0 radical (unpaired) electrons. The molecule has 0 aliphatic rings. The van der Waals surface area contributed by atoms with Gasteiger partial charge in [0, 0.05) is 24.0 Å². The van der Waals surface area contributed by atoms with E-state index in [1.807, 2.05) is 18.2 Å². The Morgan fingerprint density at radius 2 is 2.19 bits per heavy atom. The number of rotatable bonds is 1. The van der Waals surface area contributed by atoms with Crippen molar-refractivity contribution in [3.63, 3.8) is 0 Å². The van der Waals surface area contributed by atoms with E-state index in [0.717, 1.165) is 11.1 Å². The zero-order valence-electron chi connectivity index (χ0n) is 8.42. The van der Waals surface area contributed by atoms with Crippen LogP contribution in [0.25, 0.3) is 16.6 Å². The summed E-state index contributed by atoms with van der Waals surface area (Å²) in [6.07, 6.45) is 6.87. The van der Waals surface area contributed by atoms with Crippen LogP contribution in [0.2, 0.25) is 0 Å². The summed E-state index contributed by atoms with van der Waals surface area (Å²) in [5.41, 5.74) is 1.32. The van der Waals surface area contributed by atoms with Crippen molar-refractivity contribution in [1.29, 1.82) is 0 Å². The minimum atomic E-state index is -0.0597. The Hall–Kier alpha value is -2.36. The number of aromatic amines is 1. The average molecular weight is 211 g/mol. The van der Waals surface area contributed by atoms with E-state index in [2.05, 4.69) is 9.97 Å². The lowest BCUT2D eigenvalue weighted by molar-refractivity contribution is 0.990. The lowest BCUT2D eigenvalue weighted by Gasteiger charge is -2.04. The van der Waals surface area contributed by atoms with Crippen LogP contribution in [0.3, 0.4) is 0 Å². The lowest BCUT2D eigenvalue weighted by Crippen LogP contribution is -2.17. The first kappa shape index (κ1) is 8.91. The Morgan fingerprint density at radius 3 is 3.00 bits per heavy atom. The van der Waals surface area contributed by atoms with Gasteiger partial charge in [0.2, 0.25) is 0 Å². The fourth-order valence-electron chi connectivity index (χ4n) is 1.75. The van der Waals surface area contributed by atoms with Crippen LogP contribution in [-0.2, 0) is 0 Å². The van der Waals surface area contributed by atoms with Crippen LogP contribution in [0, 0.1) is 0 Å². The van der Waals surface area contributed by atoms with E-state index >= 15 is 0 Å². The van der Waals surface area contributed by atoms with Crippen molar-refractivity contribution in [3.8, 4) is 5.69 Å². The molecular weight excluding hydrogens is 202 g/mol. The quantitative estimate of drug-likeness (QED) is 0.666. The van der Waals surface area contributed by atoms with Gasteiger partial charge in [-0.2, -0.15) is 0 Å². The second kappa shape index (κ2) is 3.34. The fourth-order valence-corrected chi connectivity index (χ4v) is 1.75. The Labute approximate surface area is 91.2 Å². The van der Waals surface area contributed by atoms with Crippen LogP contribution < -0.4 is 5.56 Å². The van der Waals surface area contributed by atoms with Gasteiger partial charge in [-0.05, 0) is 24.3 Å². The van der Waals surface area contributed by atoms with Crippen molar-refractivity contribution in [3.05, 3.63) is 59.4 Å². The molecule has 4 heteroatoms. The highest BCUT2D eigenvalue weighted by molar-refractivity contribution is 5.78. The van der Waals surface area contributed by atoms with Gasteiger partial charge in [-0.3, -0.25) is 14.3 Å². The monoisotopic (exact) mass is 211 g/mol. The first-order valence-corrected chi connectivity index (χ1v) is 4.95. The maximum absolute atomic E-state index is 12.1. The van der Waals surface area contributed by atoms with E-state index in [1.54, 1.807) is 35.4 Å². The molecule has 3 aromatic rings. The predicted octanol–water partition coefficient (Wildman–Crippen LogP) is 1.71. The Bertz CT molecular complexity index is 682. The number of hydrogen-bond donors (Lipinski definition) is 1. The van der Waals surface area contributed by atoms with Gasteiger partial charge in [0.05, 0.1) is 11.9 Å². The van der Waals surface area contributed by atoms with Gasteiger partial charge in [0.15, 0.2) is 0 Å². The van der Waals surface area contributed by atoms with Gasteiger partial charge in [-0.25, -0.2) is 0 Å². The third-order valence-electron chi connectivity index (χ3n) is 2.54. The largest absolute Gasteiger partial charge is 0.357 e. The third kappa shape index (κ3) is 1.24. The summed E-state index contributed by atoms with van der Waals surface area (Å²) < 4.78 is 1.58. The Kier molecular flexibility index (Phi) is 1.86. The van der Waals surface area contributed by atoms with E-state index in [1.165, 1.54) is 0 Å². The van der Waals surface area contributed by atoms with E-state index < -0.39 is 0 Å². The number of nitrogens with one attached hydrogen (secondary N) is 1. The van der Waals surface area contributed by atoms with Gasteiger partial charge in [-0.15, -0.1) is 0 Å². The van der Waals surface area contributed by atoms with Crippen molar-refractivity contribution in [2.75, 3.05) is 0 Å². The molecule has 3 aromatic heterocycles. The average Bonchev–Trinajstić information content (AvgIpc) is 2.80. The molecule has 1 N–H and O–H groups in total. The molecule has 0 aliphatic heterocycles. The SMILES string of the molecule is O=c1c2[nH]ccc2ccn1-c1cccnc1. The summed E-state index contributed by atoms with van der Waals surface area (Å²) in [6, 6.07) is 7.44. The minimum absolute atomic E-state index is 0.0597. The first-order valence-electron chi connectivity index (χ1n) is 4.95. The second-order valence-corrected chi connectivity index (χ2v) is 3.51. The smallest absolute Gasteiger partial charge is 0.279 e. The van der Waals surface area contributed by atoms with Gasteiger partial charge >= 0.3 is 0 Å². The van der Waals surface area contributed by atoms with Crippen molar-refractivity contribution in [2.24, 2.45) is 0 Å². The second-order valence-electron chi connectivity index (χ2n) is 3.51. The van der Waals surface area contributed by atoms with Crippen LogP contribution in [0.4, 0.5) is 0 Å². The molecule has 0 saturated carbocycles. The molecule has 0 spiro atoms. The summed E-state index contributed by atoms with van der Waals surface area (Å²) in [4.78, 5) is 19.0. The van der Waals surface area contributed by atoms with E-state index in [0.29, 0.717) is 5.52 Å². The molecule has 0 aliphatic carbocycles. The van der Waals surface area contributed by atoms with E-state index in [4.69, 9.17) is 0 Å². The molecule has 0 bridgehead atoms. The molecule has 0 aromatic carbocycles. The van der Waals surface area contributed by atoms with Crippen molar-refractivity contribution in [1.82, 2.24) is 14.5 Å². The summed E-state index contributed by atoms with van der Waals surface area (Å²) in [7, 11) is 0. The number of pyridine rings is 2. The van der Waals surface area contributed by atoms with Gasteiger partial charge in [0.25, 0.3) is 5.56 Å². The molecule has 16 heavy (non-hydrogen) atoms. The highest BCUT2D eigenvalue weighted by atomic mass is 16.1. The number of fused-ring (bicyclic) bond motifs is 1. The topological polar surface area (TPSA) is 50.7 Å². The molecule has 4 nitrogen and oxygen atoms in total. The van der Waals surface area contributed by atoms with Crippen LogP contribution in [0.5, 0.6) is 0 Å². The van der Waals surface area contributed by atoms with Gasteiger partial charge in [0.1, 0.15) is 5.52 Å². The molecule has 3 rings (SSSR count). The molecule has 0 fully saturated rings. The normalized spacial score (nSPS) is 10.8. The van der Waals surface area contributed by atoms with Crippen LogP contribution >= 0.6 is 0 Å². The van der Waals surface area contributed by atoms with E-state index in [-0.39, 0.29) is 5.56 Å². The molecule has 78 valence electrons. The van der Waals surface area contributed by atoms with Crippen molar-refractivity contribution in [2.45, 2.75) is 0 Å². The zero-order chi connectivity index (χ0) is 11.0. The zero-order valence-corrected chi connectivity index (χ0v) is 8.42. The summed E-state index contributed by atoms with van der Waals surface area (Å²) in [5, 5.41) is 0.921. The summed E-state index contributed by atoms with van der Waals surface area (Å²) in [6.45, 7) is 0. The summed E-state index contributed by atoms with van der Waals surface area (Å²) in [5.74, 6) is 0. The fraction of sp³-hybridized carbons (Fsp3) is 0. The minimum Gasteiger partial charge on any atom is -0.357 e. The Balaban J connectivity index is 2.33. The highest BCUT2D eigenvalue weighted by Crippen LogP contribution is 2.09. The molecule has 0 unspecified atom stereocenters. The van der Waals surface area contributed by atoms with Crippen LogP contribution in [0.1, 0.15) is 0 Å². The van der Waals surface area contributed by atoms with Gasteiger partial charge in [-0.1, -0.05) is 0 Å². The summed E-state index contributed by atoms with van der Waals surface area (Å²) >= 11 is 0. The predicted molar refractivity (Wildman–Crippen MR) is 61.7 cm³/mol. The van der Waals surface area contributed by atoms with Crippen LogP contribution in [0.15, 0.2) is 53.8 Å². The molecule has 0 atom stereocenters. The molecule has 3 heterocycles.